The lowest BCUT2D eigenvalue weighted by Gasteiger charge is -2.33. The third-order valence-corrected chi connectivity index (χ3v) is 8.08. The summed E-state index contributed by atoms with van der Waals surface area (Å²) in [5.41, 5.74) is 1.51. The molecule has 3 N–H and O–H groups in total. The van der Waals surface area contributed by atoms with Gasteiger partial charge in [-0.15, -0.1) is 0 Å². The van der Waals surface area contributed by atoms with Gasteiger partial charge in [-0.2, -0.15) is 4.31 Å². The molecule has 7 nitrogen and oxygen atoms in total. The van der Waals surface area contributed by atoms with Crippen molar-refractivity contribution in [1.29, 1.82) is 0 Å². The second-order valence-corrected chi connectivity index (χ2v) is 10.1. The van der Waals surface area contributed by atoms with Crippen LogP contribution in [-0.2, 0) is 14.8 Å². The highest BCUT2D eigenvalue weighted by Gasteiger charge is 2.35. The Bertz CT molecular complexity index is 891. The van der Waals surface area contributed by atoms with E-state index < -0.39 is 10.0 Å². The van der Waals surface area contributed by atoms with Crippen molar-refractivity contribution < 1.29 is 18.3 Å². The van der Waals surface area contributed by atoms with Gasteiger partial charge in [-0.05, 0) is 50.2 Å². The van der Waals surface area contributed by atoms with Crippen molar-refractivity contribution in [3.8, 4) is 0 Å². The van der Waals surface area contributed by atoms with E-state index >= 15 is 0 Å². The molecule has 1 aliphatic carbocycles. The van der Waals surface area contributed by atoms with Gasteiger partial charge in [-0.25, -0.2) is 8.42 Å². The van der Waals surface area contributed by atoms with E-state index in [1.54, 1.807) is 12.1 Å². The quantitative estimate of drug-likeness (QED) is 0.693. The summed E-state index contributed by atoms with van der Waals surface area (Å²) in [6.45, 7) is 1.24. The highest BCUT2D eigenvalue weighted by Crippen LogP contribution is 2.33. The minimum atomic E-state index is -3.69. The summed E-state index contributed by atoms with van der Waals surface area (Å²) >= 11 is 0. The maximum atomic E-state index is 13.4. The molecule has 158 valence electrons. The first-order valence-corrected chi connectivity index (χ1v) is 11.9. The molecule has 1 saturated carbocycles. The predicted octanol–water partition coefficient (Wildman–Crippen LogP) is 1.95. The largest absolute Gasteiger partial charge is 0.393 e. The molecule has 2 heterocycles. The van der Waals surface area contributed by atoms with Crippen LogP contribution in [-0.4, -0.2) is 55.5 Å². The molecule has 0 unspecified atom stereocenters. The average molecular weight is 420 g/mol. The van der Waals surface area contributed by atoms with Gasteiger partial charge in [0.05, 0.1) is 17.7 Å². The number of hydrogen-bond acceptors (Lipinski definition) is 5. The number of aliphatic hydroxyl groups is 1. The number of carbonyl (C=O) groups excluding carboxylic acids is 1. The first kappa shape index (κ1) is 20.4. The van der Waals surface area contributed by atoms with Crippen LogP contribution < -0.4 is 10.6 Å². The van der Waals surface area contributed by atoms with Crippen LogP contribution in [0.2, 0.25) is 0 Å². The number of aliphatic hydroxyl groups excluding tert-OH is 1. The number of amides is 1. The van der Waals surface area contributed by atoms with Crippen LogP contribution in [0, 0.1) is 5.92 Å². The number of benzene rings is 1. The molecule has 0 radical (unpaired) electrons. The highest BCUT2D eigenvalue weighted by molar-refractivity contribution is 7.89. The second-order valence-electron chi connectivity index (χ2n) is 8.22. The van der Waals surface area contributed by atoms with Crippen LogP contribution in [0.4, 0.5) is 5.69 Å². The van der Waals surface area contributed by atoms with E-state index in [2.05, 4.69) is 10.6 Å². The molecule has 3 aliphatic rings. The van der Waals surface area contributed by atoms with E-state index in [-0.39, 0.29) is 35.4 Å². The number of nitrogens with one attached hydrogen (secondary N) is 2. The minimum Gasteiger partial charge on any atom is -0.393 e. The molecule has 0 aromatic heterocycles. The predicted molar refractivity (Wildman–Crippen MR) is 112 cm³/mol. The molecule has 1 saturated heterocycles. The highest BCUT2D eigenvalue weighted by atomic mass is 32.2. The number of para-hydroxylation sites is 1. The van der Waals surface area contributed by atoms with Crippen LogP contribution in [0.3, 0.4) is 0 Å². The maximum absolute atomic E-state index is 13.4. The standard InChI is InChI=1S/C21H29N3O4S/c25-18-10-8-17(9-11-18)23-21(26)16-6-3-13-24(14-16)29(27,28)19-7-1-4-15-5-2-12-22-20(15)19/h1-2,4-5,7,16-18,22,25H,3,6,8-14H2,(H,23,26)/t16-,17?,18?/m0/s1. The zero-order valence-corrected chi connectivity index (χ0v) is 17.3. The zero-order valence-electron chi connectivity index (χ0n) is 16.5. The molecule has 1 aromatic rings. The Labute approximate surface area is 172 Å². The van der Waals surface area contributed by atoms with Crippen LogP contribution in [0.25, 0.3) is 6.08 Å². The van der Waals surface area contributed by atoms with Gasteiger partial charge < -0.3 is 15.7 Å². The molecule has 8 heteroatoms. The van der Waals surface area contributed by atoms with E-state index in [4.69, 9.17) is 0 Å². The van der Waals surface area contributed by atoms with Gasteiger partial charge in [-0.1, -0.05) is 24.3 Å². The molecule has 1 aromatic carbocycles. The van der Waals surface area contributed by atoms with Crippen molar-refractivity contribution in [2.24, 2.45) is 5.92 Å². The summed E-state index contributed by atoms with van der Waals surface area (Å²) in [6, 6.07) is 5.37. The Morgan fingerprint density at radius 2 is 1.97 bits per heavy atom. The van der Waals surface area contributed by atoms with Gasteiger partial charge in [0.2, 0.25) is 15.9 Å². The first-order valence-electron chi connectivity index (χ1n) is 10.5. The van der Waals surface area contributed by atoms with Crippen molar-refractivity contribution in [2.45, 2.75) is 55.6 Å². The Kier molecular flexibility index (Phi) is 5.94. The molecular weight excluding hydrogens is 390 g/mol. The zero-order chi connectivity index (χ0) is 20.4. The summed E-state index contributed by atoms with van der Waals surface area (Å²) in [5, 5.41) is 15.9. The number of carbonyl (C=O) groups is 1. The Hall–Kier alpha value is -1.90. The van der Waals surface area contributed by atoms with Crippen LogP contribution in [0.1, 0.15) is 44.1 Å². The third-order valence-electron chi connectivity index (χ3n) is 6.17. The molecule has 2 aliphatic heterocycles. The first-order chi connectivity index (χ1) is 13.9. The van der Waals surface area contributed by atoms with E-state index in [9.17, 15) is 18.3 Å². The molecule has 2 fully saturated rings. The number of sulfonamides is 1. The SMILES string of the molecule is O=C(NC1CCC(O)CC1)[C@H]1CCCN(S(=O)(=O)c2cccc3c2NCC=C3)C1. The smallest absolute Gasteiger partial charge is 0.245 e. The summed E-state index contributed by atoms with van der Waals surface area (Å²) in [4.78, 5) is 13.1. The van der Waals surface area contributed by atoms with E-state index in [1.807, 2.05) is 18.2 Å². The summed E-state index contributed by atoms with van der Waals surface area (Å²) in [7, 11) is -3.69. The number of rotatable bonds is 4. The average Bonchev–Trinajstić information content (AvgIpc) is 2.75. The fourth-order valence-electron chi connectivity index (χ4n) is 4.49. The lowest BCUT2D eigenvalue weighted by Crippen LogP contribution is -2.48. The molecule has 0 bridgehead atoms. The van der Waals surface area contributed by atoms with E-state index in [0.29, 0.717) is 44.5 Å². The van der Waals surface area contributed by atoms with Crippen LogP contribution in [0.15, 0.2) is 29.2 Å². The molecule has 1 amide bonds. The normalized spacial score (nSPS) is 27.7. The van der Waals surface area contributed by atoms with Gasteiger partial charge in [0.1, 0.15) is 4.90 Å². The number of nitrogens with zero attached hydrogens (tertiary/aromatic N) is 1. The van der Waals surface area contributed by atoms with Crippen molar-refractivity contribution in [2.75, 3.05) is 25.0 Å². The van der Waals surface area contributed by atoms with Crippen molar-refractivity contribution >= 4 is 27.7 Å². The van der Waals surface area contributed by atoms with Crippen molar-refractivity contribution in [1.82, 2.24) is 9.62 Å². The van der Waals surface area contributed by atoms with Crippen molar-refractivity contribution in [3.63, 3.8) is 0 Å². The number of piperidine rings is 1. The molecule has 4 rings (SSSR count). The minimum absolute atomic E-state index is 0.0672. The van der Waals surface area contributed by atoms with Crippen LogP contribution >= 0.6 is 0 Å². The summed E-state index contributed by atoms with van der Waals surface area (Å²) < 4.78 is 28.2. The molecule has 0 spiro atoms. The van der Waals surface area contributed by atoms with Gasteiger partial charge in [-0.3, -0.25) is 4.79 Å². The van der Waals surface area contributed by atoms with Gasteiger partial charge in [0.25, 0.3) is 0 Å². The van der Waals surface area contributed by atoms with Crippen LogP contribution in [0.5, 0.6) is 0 Å². The van der Waals surface area contributed by atoms with E-state index in [0.717, 1.165) is 18.4 Å². The number of fused-ring (bicyclic) bond motifs is 1. The molecule has 29 heavy (non-hydrogen) atoms. The topological polar surface area (TPSA) is 98.7 Å². The van der Waals surface area contributed by atoms with Gasteiger partial charge in [0, 0.05) is 25.7 Å². The summed E-state index contributed by atoms with van der Waals surface area (Å²) in [5.74, 6) is -0.403. The third kappa shape index (κ3) is 4.34. The molecular formula is C21H29N3O4S. The Balaban J connectivity index is 1.47. The Morgan fingerprint density at radius 1 is 1.17 bits per heavy atom. The lowest BCUT2D eigenvalue weighted by atomic mass is 9.92. The number of hydrogen-bond donors (Lipinski definition) is 3. The second kappa shape index (κ2) is 8.45. The van der Waals surface area contributed by atoms with Crippen molar-refractivity contribution in [3.05, 3.63) is 29.8 Å². The number of anilines is 1. The fourth-order valence-corrected chi connectivity index (χ4v) is 6.21. The maximum Gasteiger partial charge on any atom is 0.245 e. The Morgan fingerprint density at radius 3 is 2.76 bits per heavy atom. The van der Waals surface area contributed by atoms with E-state index in [1.165, 1.54) is 4.31 Å². The summed E-state index contributed by atoms with van der Waals surface area (Å²) in [6.07, 6.45) is 7.95. The van der Waals surface area contributed by atoms with Gasteiger partial charge >= 0.3 is 0 Å². The van der Waals surface area contributed by atoms with Gasteiger partial charge in [0.15, 0.2) is 0 Å². The molecule has 1 atom stereocenters. The monoisotopic (exact) mass is 419 g/mol. The fraction of sp³-hybridized carbons (Fsp3) is 0.571. The lowest BCUT2D eigenvalue weighted by molar-refractivity contribution is -0.127.